The number of rotatable bonds is 17. The van der Waals surface area contributed by atoms with Gasteiger partial charge in [0.05, 0.1) is 0 Å². The maximum Gasteiger partial charge on any atom is 0.356 e. The van der Waals surface area contributed by atoms with Crippen LogP contribution in [0.2, 0.25) is 0 Å². The predicted molar refractivity (Wildman–Crippen MR) is 266 cm³/mol. The van der Waals surface area contributed by atoms with Crippen LogP contribution < -0.4 is 16.0 Å². The van der Waals surface area contributed by atoms with Crippen molar-refractivity contribution in [3.63, 3.8) is 0 Å². The molecule has 2 fully saturated rings. The molecule has 0 saturated carbocycles. The number of thiazole rings is 1. The number of amides is 3. The number of hydrogen-bond acceptors (Lipinski definition) is 15. The Morgan fingerprint density at radius 2 is 1.44 bits per heavy atom. The normalized spacial score (nSPS) is 17.9. The monoisotopic (exact) mass is 988 g/mol. The summed E-state index contributed by atoms with van der Waals surface area (Å²) in [6, 6.07) is 47.8. The van der Waals surface area contributed by atoms with E-state index in [2.05, 4.69) is 36.6 Å². The SMILES string of the molecule is Cn1nnnc1SCC1=C(C(=O)OC(c2ccccc2)c2ccccc2)N2C(=O)[C@@H](NC(=O)/C(=N\OC3CCNC3=O)c3csc(NC(c4ccccc4)(c4ccccc4)c4ccccc4)n3)[C@@H]2SC1. The van der Waals surface area contributed by atoms with Crippen LogP contribution in [0.15, 0.2) is 179 Å². The Morgan fingerprint density at radius 3 is 1.99 bits per heavy atom. The van der Waals surface area contributed by atoms with Crippen molar-refractivity contribution in [2.45, 2.75) is 40.7 Å². The molecule has 70 heavy (non-hydrogen) atoms. The van der Waals surface area contributed by atoms with E-state index in [-0.39, 0.29) is 28.8 Å². The molecule has 3 amide bonds. The van der Waals surface area contributed by atoms with Crippen molar-refractivity contribution in [2.75, 3.05) is 23.4 Å². The fourth-order valence-corrected chi connectivity index (χ4v) is 11.7. The first-order chi connectivity index (χ1) is 34.3. The number of nitrogens with zero attached hydrogens (tertiary/aromatic N) is 7. The van der Waals surface area contributed by atoms with Gasteiger partial charge in [-0.2, -0.15) is 0 Å². The molecule has 10 rings (SSSR count). The number of carbonyl (C=O) groups is 4. The highest BCUT2D eigenvalue weighted by molar-refractivity contribution is 8.01. The van der Waals surface area contributed by atoms with Gasteiger partial charge in [-0.1, -0.05) is 169 Å². The maximum atomic E-state index is 14.7. The molecule has 2 saturated heterocycles. The second-order valence-electron chi connectivity index (χ2n) is 16.4. The number of hydrogen-bond donors (Lipinski definition) is 3. The van der Waals surface area contributed by atoms with Gasteiger partial charge in [-0.3, -0.25) is 19.3 Å². The van der Waals surface area contributed by atoms with Crippen molar-refractivity contribution in [3.8, 4) is 0 Å². The summed E-state index contributed by atoms with van der Waals surface area (Å²) >= 11 is 3.98. The minimum absolute atomic E-state index is 0.0946. The van der Waals surface area contributed by atoms with Crippen molar-refractivity contribution < 1.29 is 28.8 Å². The number of thioether (sulfide) groups is 2. The molecule has 2 aromatic heterocycles. The zero-order valence-corrected chi connectivity index (χ0v) is 39.9. The molecule has 19 heteroatoms. The molecule has 3 aliphatic rings. The number of tetrazole rings is 1. The summed E-state index contributed by atoms with van der Waals surface area (Å²) in [6.07, 6.45) is -1.37. The van der Waals surface area contributed by atoms with E-state index < -0.39 is 46.9 Å². The lowest BCUT2D eigenvalue weighted by Crippen LogP contribution is -2.71. The van der Waals surface area contributed by atoms with Gasteiger partial charge < -0.3 is 25.5 Å². The highest BCUT2D eigenvalue weighted by atomic mass is 32.2. The van der Waals surface area contributed by atoms with Gasteiger partial charge in [-0.15, -0.1) is 28.2 Å². The quantitative estimate of drug-likeness (QED) is 0.0225. The van der Waals surface area contributed by atoms with Gasteiger partial charge in [0, 0.05) is 36.9 Å². The molecular formula is C51H44N10O6S3. The molecule has 1 unspecified atom stereocenters. The summed E-state index contributed by atoms with van der Waals surface area (Å²) in [6.45, 7) is 0.392. The van der Waals surface area contributed by atoms with E-state index in [4.69, 9.17) is 14.6 Å². The van der Waals surface area contributed by atoms with E-state index in [0.29, 0.717) is 34.6 Å². The molecule has 16 nitrogen and oxygen atoms in total. The highest BCUT2D eigenvalue weighted by Gasteiger charge is 2.55. The van der Waals surface area contributed by atoms with Crippen LogP contribution in [-0.4, -0.2) is 95.1 Å². The zero-order valence-electron chi connectivity index (χ0n) is 37.5. The molecule has 0 radical (unpaired) electrons. The summed E-state index contributed by atoms with van der Waals surface area (Å²) in [5, 5.41) is 27.4. The summed E-state index contributed by atoms with van der Waals surface area (Å²) in [5.41, 5.74) is 4.08. The maximum absolute atomic E-state index is 14.7. The molecule has 5 heterocycles. The Labute approximate surface area is 414 Å². The summed E-state index contributed by atoms with van der Waals surface area (Å²) in [4.78, 5) is 68.5. The molecule has 352 valence electrons. The molecule has 3 N–H and O–H groups in total. The van der Waals surface area contributed by atoms with Crippen molar-refractivity contribution in [1.29, 1.82) is 0 Å². The number of aryl methyl sites for hydroxylation is 1. The number of ether oxygens (including phenoxy) is 1. The van der Waals surface area contributed by atoms with E-state index in [1.807, 2.05) is 152 Å². The average Bonchev–Trinajstić information content (AvgIpc) is 4.17. The first-order valence-corrected chi connectivity index (χ1v) is 25.3. The van der Waals surface area contributed by atoms with Gasteiger partial charge in [-0.05, 0) is 43.8 Å². The third-order valence-corrected chi connectivity index (χ3v) is 15.3. The van der Waals surface area contributed by atoms with Gasteiger partial charge in [-0.25, -0.2) is 14.5 Å². The topological polar surface area (TPSA) is 195 Å². The van der Waals surface area contributed by atoms with E-state index >= 15 is 0 Å². The standard InChI is InChI=1S/C51H44N10O6S3/c1-60-50(56-58-59-60)70-30-34-29-68-47-41(46(64)61(47)42(34)48(65)66-43(32-17-7-2-8-18-32)33-19-9-3-10-20-33)54-45(63)40(57-67-39-27-28-52-44(39)62)38-31-69-49(53-38)55-51(35-21-11-4-12-22-35,36-23-13-5-14-24-36)37-25-15-6-16-26-37/h2-26,31,39,41,43,47H,27-30H2,1H3,(H,52,62)(H,53,55)(H,54,63)/b57-40-/t39?,41-,47+/m1/s1. The van der Waals surface area contributed by atoms with Gasteiger partial charge in [0.25, 0.3) is 17.7 Å². The number of fused-ring (bicyclic) bond motifs is 1. The number of β-lactam (4-membered cyclic amide) rings is 1. The Morgan fingerprint density at radius 1 is 0.857 bits per heavy atom. The third kappa shape index (κ3) is 9.29. The molecule has 7 aromatic rings. The van der Waals surface area contributed by atoms with Crippen molar-refractivity contribution in [2.24, 2.45) is 12.2 Å². The van der Waals surface area contributed by atoms with E-state index in [1.54, 1.807) is 12.4 Å². The van der Waals surface area contributed by atoms with Gasteiger partial charge >= 0.3 is 5.97 Å². The number of aromatic nitrogens is 5. The van der Waals surface area contributed by atoms with Gasteiger partial charge in [0.1, 0.15) is 28.3 Å². The van der Waals surface area contributed by atoms with Gasteiger partial charge in [0.15, 0.2) is 16.9 Å². The van der Waals surface area contributed by atoms with E-state index in [0.717, 1.165) is 27.8 Å². The zero-order chi connectivity index (χ0) is 48.0. The lowest BCUT2D eigenvalue weighted by molar-refractivity contribution is -0.154. The molecule has 3 aliphatic heterocycles. The third-order valence-electron chi connectivity index (χ3n) is 12.1. The van der Waals surface area contributed by atoms with Crippen LogP contribution in [-0.2, 0) is 41.3 Å². The summed E-state index contributed by atoms with van der Waals surface area (Å²) in [5.74, 6) is -1.72. The predicted octanol–water partition coefficient (Wildman–Crippen LogP) is 6.46. The average molecular weight is 989 g/mol. The molecule has 0 bridgehead atoms. The van der Waals surface area contributed by atoms with Crippen molar-refractivity contribution >= 4 is 69.4 Å². The molecule has 0 aliphatic carbocycles. The smallest absolute Gasteiger partial charge is 0.356 e. The Bertz CT molecular complexity index is 2930. The Balaban J connectivity index is 0.953. The lowest BCUT2D eigenvalue weighted by Gasteiger charge is -2.49. The fraction of sp³-hybridized carbons (Fsp3) is 0.196. The highest BCUT2D eigenvalue weighted by Crippen LogP contribution is 2.44. The fourth-order valence-electron chi connectivity index (χ4n) is 8.61. The Hall–Kier alpha value is -7.61. The number of benzene rings is 5. The summed E-state index contributed by atoms with van der Waals surface area (Å²) < 4.78 is 7.88. The second-order valence-corrected chi connectivity index (χ2v) is 19.3. The first-order valence-electron chi connectivity index (χ1n) is 22.3. The van der Waals surface area contributed by atoms with E-state index in [9.17, 15) is 19.2 Å². The number of carbonyl (C=O) groups excluding carboxylic acids is 4. The molecular weight excluding hydrogens is 945 g/mol. The number of nitrogens with one attached hydrogen (secondary N) is 3. The molecule has 0 spiro atoms. The van der Waals surface area contributed by atoms with Crippen LogP contribution >= 0.6 is 34.9 Å². The summed E-state index contributed by atoms with van der Waals surface area (Å²) in [7, 11) is 1.72. The van der Waals surface area contributed by atoms with Crippen LogP contribution in [0.5, 0.6) is 0 Å². The van der Waals surface area contributed by atoms with E-state index in [1.165, 1.54) is 44.4 Å². The number of oxime groups is 1. The van der Waals surface area contributed by atoms with Crippen LogP contribution in [0.1, 0.15) is 46.0 Å². The molecule has 5 aromatic carbocycles. The first kappa shape index (κ1) is 46.1. The van der Waals surface area contributed by atoms with Crippen LogP contribution in [0.25, 0.3) is 0 Å². The van der Waals surface area contributed by atoms with Crippen LogP contribution in [0.3, 0.4) is 0 Å². The van der Waals surface area contributed by atoms with Crippen LogP contribution in [0, 0.1) is 0 Å². The lowest BCUT2D eigenvalue weighted by atomic mass is 9.77. The number of esters is 1. The number of anilines is 1. The van der Waals surface area contributed by atoms with Crippen LogP contribution in [0.4, 0.5) is 5.13 Å². The van der Waals surface area contributed by atoms with Crippen molar-refractivity contribution in [3.05, 3.63) is 202 Å². The van der Waals surface area contributed by atoms with Crippen molar-refractivity contribution in [1.82, 2.24) is 40.7 Å². The minimum atomic E-state index is -1.07. The Kier molecular flexibility index (Phi) is 13.5. The molecule has 3 atom stereocenters. The second kappa shape index (κ2) is 20.5. The largest absolute Gasteiger partial charge is 0.448 e. The minimum Gasteiger partial charge on any atom is -0.448 e. The van der Waals surface area contributed by atoms with Gasteiger partial charge in [0.2, 0.25) is 11.3 Å².